The first kappa shape index (κ1) is 17.5. The Morgan fingerprint density at radius 1 is 0.690 bits per heavy atom. The average Bonchev–Trinajstić information content (AvgIpc) is 3.24. The first-order valence-electron chi connectivity index (χ1n) is 9.15. The predicted octanol–water partition coefficient (Wildman–Crippen LogP) is 6.86. The molecule has 0 aliphatic heterocycles. The van der Waals surface area contributed by atoms with Crippen molar-refractivity contribution < 1.29 is 13.2 Å². The fourth-order valence-electron chi connectivity index (χ4n) is 3.80. The van der Waals surface area contributed by atoms with Crippen molar-refractivity contribution in [2.45, 2.75) is 6.18 Å². The standard InChI is InChI=1S/C24H15F3N2/c25-24(26,27)22-14-15-29(28-22)21-11-4-8-17-12-13-19-18(16-6-2-1-3-7-16)9-5-10-20(19)23(17)21/h1-15H. The van der Waals surface area contributed by atoms with Crippen molar-refractivity contribution in [3.8, 4) is 16.8 Å². The van der Waals surface area contributed by atoms with E-state index in [1.807, 2.05) is 60.7 Å². The molecule has 0 N–H and O–H groups in total. The second-order valence-electron chi connectivity index (χ2n) is 6.85. The summed E-state index contributed by atoms with van der Waals surface area (Å²) < 4.78 is 40.5. The molecule has 0 aliphatic rings. The first-order chi connectivity index (χ1) is 14.0. The smallest absolute Gasteiger partial charge is 0.240 e. The van der Waals surface area contributed by atoms with Gasteiger partial charge in [-0.15, -0.1) is 0 Å². The molecule has 0 spiro atoms. The number of halogens is 3. The maximum absolute atomic E-state index is 13.0. The zero-order valence-corrected chi connectivity index (χ0v) is 15.2. The van der Waals surface area contributed by atoms with Crippen molar-refractivity contribution in [2.75, 3.05) is 0 Å². The Labute approximate surface area is 164 Å². The highest BCUT2D eigenvalue weighted by Crippen LogP contribution is 2.36. The summed E-state index contributed by atoms with van der Waals surface area (Å²) in [4.78, 5) is 0. The number of alkyl halides is 3. The van der Waals surface area contributed by atoms with Crippen LogP contribution in [0.3, 0.4) is 0 Å². The lowest BCUT2D eigenvalue weighted by atomic mass is 9.94. The van der Waals surface area contributed by atoms with E-state index < -0.39 is 11.9 Å². The number of rotatable bonds is 2. The van der Waals surface area contributed by atoms with E-state index in [9.17, 15) is 13.2 Å². The Balaban J connectivity index is 1.81. The van der Waals surface area contributed by atoms with Gasteiger partial charge in [-0.1, -0.05) is 72.8 Å². The molecule has 0 saturated heterocycles. The molecule has 142 valence electrons. The molecular formula is C24H15F3N2. The summed E-state index contributed by atoms with van der Waals surface area (Å²) in [5.74, 6) is 0. The zero-order valence-electron chi connectivity index (χ0n) is 15.2. The summed E-state index contributed by atoms with van der Waals surface area (Å²) in [6, 6.07) is 26.7. The highest BCUT2D eigenvalue weighted by atomic mass is 19.4. The van der Waals surface area contributed by atoms with E-state index in [1.54, 1.807) is 6.07 Å². The van der Waals surface area contributed by atoms with Gasteiger partial charge < -0.3 is 0 Å². The molecule has 0 bridgehead atoms. The van der Waals surface area contributed by atoms with Crippen molar-refractivity contribution in [3.63, 3.8) is 0 Å². The summed E-state index contributed by atoms with van der Waals surface area (Å²) in [5, 5.41) is 7.62. The summed E-state index contributed by atoms with van der Waals surface area (Å²) >= 11 is 0. The second kappa shape index (κ2) is 6.48. The van der Waals surface area contributed by atoms with Crippen LogP contribution in [0.2, 0.25) is 0 Å². The number of nitrogens with zero attached hydrogens (tertiary/aromatic N) is 2. The summed E-state index contributed by atoms with van der Waals surface area (Å²) in [6.07, 6.45) is -3.12. The average molecular weight is 388 g/mol. The van der Waals surface area contributed by atoms with E-state index >= 15 is 0 Å². The van der Waals surface area contributed by atoms with E-state index in [1.165, 1.54) is 10.9 Å². The van der Waals surface area contributed by atoms with Crippen molar-refractivity contribution in [1.29, 1.82) is 0 Å². The van der Waals surface area contributed by atoms with Crippen molar-refractivity contribution >= 4 is 21.5 Å². The molecule has 2 nitrogen and oxygen atoms in total. The van der Waals surface area contributed by atoms with Crippen LogP contribution in [0, 0.1) is 0 Å². The SMILES string of the molecule is FC(F)(F)c1ccn(-c2cccc3ccc4c(-c5ccccc5)cccc4c23)n1. The summed E-state index contributed by atoms with van der Waals surface area (Å²) in [6.45, 7) is 0. The van der Waals surface area contributed by atoms with Gasteiger partial charge in [-0.3, -0.25) is 0 Å². The first-order valence-corrected chi connectivity index (χ1v) is 9.15. The van der Waals surface area contributed by atoms with Crippen LogP contribution in [-0.2, 0) is 6.18 Å². The molecule has 0 atom stereocenters. The highest BCUT2D eigenvalue weighted by Gasteiger charge is 2.33. The fraction of sp³-hybridized carbons (Fsp3) is 0.0417. The van der Waals surface area contributed by atoms with Crippen LogP contribution >= 0.6 is 0 Å². The maximum atomic E-state index is 13.0. The van der Waals surface area contributed by atoms with Crippen LogP contribution in [0.4, 0.5) is 13.2 Å². The number of hydrogen-bond acceptors (Lipinski definition) is 1. The van der Waals surface area contributed by atoms with Gasteiger partial charge in [0.15, 0.2) is 5.69 Å². The largest absolute Gasteiger partial charge is 0.435 e. The van der Waals surface area contributed by atoms with Gasteiger partial charge in [-0.25, -0.2) is 4.68 Å². The van der Waals surface area contributed by atoms with E-state index in [-0.39, 0.29) is 0 Å². The molecule has 1 aromatic heterocycles. The molecule has 0 amide bonds. The Kier molecular flexibility index (Phi) is 3.91. The number of hydrogen-bond donors (Lipinski definition) is 0. The van der Waals surface area contributed by atoms with Crippen LogP contribution in [0.1, 0.15) is 5.69 Å². The van der Waals surface area contributed by atoms with Crippen LogP contribution in [0.15, 0.2) is 91.1 Å². The second-order valence-corrected chi connectivity index (χ2v) is 6.85. The Morgan fingerprint density at radius 3 is 2.24 bits per heavy atom. The van der Waals surface area contributed by atoms with Gasteiger partial charge in [-0.05, 0) is 39.4 Å². The van der Waals surface area contributed by atoms with Crippen molar-refractivity contribution in [3.05, 3.63) is 96.8 Å². The molecule has 5 rings (SSSR count). The minimum absolute atomic E-state index is 0.619. The van der Waals surface area contributed by atoms with E-state index in [0.29, 0.717) is 5.69 Å². The number of aromatic nitrogens is 2. The van der Waals surface area contributed by atoms with Gasteiger partial charge >= 0.3 is 6.18 Å². The third kappa shape index (κ3) is 2.95. The highest BCUT2D eigenvalue weighted by molar-refractivity contribution is 6.15. The van der Waals surface area contributed by atoms with E-state index in [4.69, 9.17) is 0 Å². The Hall–Kier alpha value is -3.60. The van der Waals surface area contributed by atoms with Gasteiger partial charge in [0.25, 0.3) is 0 Å². The zero-order chi connectivity index (χ0) is 20.0. The molecule has 0 fully saturated rings. The number of benzene rings is 4. The molecule has 0 unspecified atom stereocenters. The molecule has 0 aliphatic carbocycles. The summed E-state index contributed by atoms with van der Waals surface area (Å²) in [5.41, 5.74) is 1.89. The minimum Gasteiger partial charge on any atom is -0.240 e. The molecule has 4 aromatic carbocycles. The molecule has 29 heavy (non-hydrogen) atoms. The Morgan fingerprint density at radius 2 is 1.48 bits per heavy atom. The van der Waals surface area contributed by atoms with Crippen LogP contribution in [0.5, 0.6) is 0 Å². The van der Waals surface area contributed by atoms with Gasteiger partial charge in [0.2, 0.25) is 0 Å². The van der Waals surface area contributed by atoms with Gasteiger partial charge in [0.1, 0.15) is 0 Å². The van der Waals surface area contributed by atoms with E-state index in [2.05, 4.69) is 17.2 Å². The summed E-state index contributed by atoms with van der Waals surface area (Å²) in [7, 11) is 0. The lowest BCUT2D eigenvalue weighted by Crippen LogP contribution is -2.07. The third-order valence-corrected chi connectivity index (χ3v) is 5.09. The minimum atomic E-state index is -4.47. The van der Waals surface area contributed by atoms with Crippen LogP contribution in [0.25, 0.3) is 38.4 Å². The molecule has 0 saturated carbocycles. The molecule has 1 heterocycles. The lowest BCUT2D eigenvalue weighted by Gasteiger charge is -2.13. The quantitative estimate of drug-likeness (QED) is 0.302. The lowest BCUT2D eigenvalue weighted by molar-refractivity contribution is -0.141. The Bertz CT molecular complexity index is 1340. The molecule has 5 heteroatoms. The molecule has 0 radical (unpaired) electrons. The van der Waals surface area contributed by atoms with Crippen molar-refractivity contribution in [2.24, 2.45) is 0 Å². The fourth-order valence-corrected chi connectivity index (χ4v) is 3.80. The van der Waals surface area contributed by atoms with Crippen molar-refractivity contribution in [1.82, 2.24) is 9.78 Å². The number of fused-ring (bicyclic) bond motifs is 3. The third-order valence-electron chi connectivity index (χ3n) is 5.09. The molecular weight excluding hydrogens is 373 g/mol. The molecule has 5 aromatic rings. The van der Waals surface area contributed by atoms with Crippen LogP contribution < -0.4 is 0 Å². The van der Waals surface area contributed by atoms with Gasteiger partial charge in [0, 0.05) is 11.6 Å². The van der Waals surface area contributed by atoms with Crippen LogP contribution in [-0.4, -0.2) is 9.78 Å². The normalized spacial score (nSPS) is 12.0. The predicted molar refractivity (Wildman–Crippen MR) is 109 cm³/mol. The topological polar surface area (TPSA) is 17.8 Å². The van der Waals surface area contributed by atoms with Gasteiger partial charge in [0.05, 0.1) is 5.69 Å². The maximum Gasteiger partial charge on any atom is 0.435 e. The monoisotopic (exact) mass is 388 g/mol. The van der Waals surface area contributed by atoms with Gasteiger partial charge in [-0.2, -0.15) is 18.3 Å². The van der Waals surface area contributed by atoms with E-state index in [0.717, 1.165) is 38.7 Å².